The predicted molar refractivity (Wildman–Crippen MR) is 83.1 cm³/mol. The van der Waals surface area contributed by atoms with E-state index in [-0.39, 0.29) is 11.8 Å². The third kappa shape index (κ3) is 5.42. The zero-order valence-corrected chi connectivity index (χ0v) is 12.6. The average molecular weight is 289 g/mol. The van der Waals surface area contributed by atoms with Crippen LogP contribution in [-0.4, -0.2) is 23.0 Å². The second-order valence-electron chi connectivity index (χ2n) is 4.96. The molecule has 4 heteroatoms. The van der Waals surface area contributed by atoms with Crippen molar-refractivity contribution >= 4 is 11.9 Å². The Morgan fingerprint density at radius 1 is 1.29 bits per heavy atom. The van der Waals surface area contributed by atoms with Crippen molar-refractivity contribution in [3.8, 4) is 0 Å². The van der Waals surface area contributed by atoms with E-state index in [1.54, 1.807) is 12.2 Å². The average Bonchev–Trinajstić information content (AvgIpc) is 2.49. The fraction of sp³-hybridized carbons (Fsp3) is 0.412. The van der Waals surface area contributed by atoms with Crippen LogP contribution in [0.25, 0.3) is 0 Å². The standard InChI is InChI=1S/C17H23NO3/c1-3-5-12-15(17(20)21)18-16(19)14(9-4-2)13-10-7-6-8-11-13/h3,5-8,10-11,14-15H,4,9,12H2,1-2H3,(H,18,19)(H,20,21)/b5-3+. The maximum absolute atomic E-state index is 12.4. The second kappa shape index (κ2) is 8.95. The summed E-state index contributed by atoms with van der Waals surface area (Å²) in [5.74, 6) is -1.53. The van der Waals surface area contributed by atoms with E-state index in [1.807, 2.05) is 44.2 Å². The van der Waals surface area contributed by atoms with Crippen molar-refractivity contribution in [1.29, 1.82) is 0 Å². The number of rotatable bonds is 8. The predicted octanol–water partition coefficient (Wildman–Crippen LogP) is 3.11. The molecule has 0 saturated heterocycles. The van der Waals surface area contributed by atoms with Crippen LogP contribution in [0, 0.1) is 0 Å². The van der Waals surface area contributed by atoms with E-state index in [9.17, 15) is 14.7 Å². The normalized spacial score (nSPS) is 13.8. The fourth-order valence-corrected chi connectivity index (χ4v) is 2.19. The first-order valence-electron chi connectivity index (χ1n) is 7.29. The highest BCUT2D eigenvalue weighted by atomic mass is 16.4. The molecule has 21 heavy (non-hydrogen) atoms. The van der Waals surface area contributed by atoms with Gasteiger partial charge in [-0.25, -0.2) is 4.79 Å². The lowest BCUT2D eigenvalue weighted by atomic mass is 9.93. The van der Waals surface area contributed by atoms with E-state index < -0.39 is 12.0 Å². The van der Waals surface area contributed by atoms with Crippen LogP contribution >= 0.6 is 0 Å². The molecule has 1 amide bonds. The molecule has 0 aromatic heterocycles. The van der Waals surface area contributed by atoms with E-state index >= 15 is 0 Å². The smallest absolute Gasteiger partial charge is 0.326 e. The Labute approximate surface area is 125 Å². The summed E-state index contributed by atoms with van der Waals surface area (Å²) < 4.78 is 0. The summed E-state index contributed by atoms with van der Waals surface area (Å²) in [6.45, 7) is 3.84. The number of carbonyl (C=O) groups is 2. The minimum atomic E-state index is -1.01. The van der Waals surface area contributed by atoms with Crippen LogP contribution < -0.4 is 5.32 Å². The van der Waals surface area contributed by atoms with Crippen LogP contribution in [0.5, 0.6) is 0 Å². The van der Waals surface area contributed by atoms with Gasteiger partial charge in [0.1, 0.15) is 6.04 Å². The molecule has 0 radical (unpaired) electrons. The van der Waals surface area contributed by atoms with Gasteiger partial charge in [-0.1, -0.05) is 55.8 Å². The van der Waals surface area contributed by atoms with E-state index in [0.29, 0.717) is 12.8 Å². The van der Waals surface area contributed by atoms with E-state index in [2.05, 4.69) is 5.32 Å². The van der Waals surface area contributed by atoms with Crippen LogP contribution in [0.4, 0.5) is 0 Å². The quantitative estimate of drug-likeness (QED) is 0.723. The van der Waals surface area contributed by atoms with Crippen LogP contribution in [0.15, 0.2) is 42.5 Å². The Hall–Kier alpha value is -2.10. The van der Waals surface area contributed by atoms with Crippen LogP contribution in [0.1, 0.15) is 44.6 Å². The molecule has 2 unspecified atom stereocenters. The molecule has 1 aromatic rings. The maximum atomic E-state index is 12.4. The SMILES string of the molecule is C/C=C/CC(NC(=O)C(CCC)c1ccccc1)C(=O)O. The molecule has 0 heterocycles. The summed E-state index contributed by atoms with van der Waals surface area (Å²) in [5.41, 5.74) is 0.923. The highest BCUT2D eigenvalue weighted by molar-refractivity contribution is 5.88. The molecule has 0 bridgehead atoms. The maximum Gasteiger partial charge on any atom is 0.326 e. The van der Waals surface area contributed by atoms with Crippen molar-refractivity contribution in [3.63, 3.8) is 0 Å². The number of aliphatic carboxylic acids is 1. The first-order valence-corrected chi connectivity index (χ1v) is 7.29. The summed E-state index contributed by atoms with van der Waals surface area (Å²) in [4.78, 5) is 23.6. The van der Waals surface area contributed by atoms with Crippen LogP contribution in [0.2, 0.25) is 0 Å². The highest BCUT2D eigenvalue weighted by Crippen LogP contribution is 2.21. The van der Waals surface area contributed by atoms with Crippen molar-refractivity contribution in [3.05, 3.63) is 48.0 Å². The zero-order chi connectivity index (χ0) is 15.7. The van der Waals surface area contributed by atoms with Gasteiger partial charge in [0, 0.05) is 0 Å². The Bertz CT molecular complexity index is 482. The molecule has 1 rings (SSSR count). The Morgan fingerprint density at radius 3 is 2.48 bits per heavy atom. The summed E-state index contributed by atoms with van der Waals surface area (Å²) in [7, 11) is 0. The minimum Gasteiger partial charge on any atom is -0.480 e. The van der Waals surface area contributed by atoms with E-state index in [4.69, 9.17) is 0 Å². The van der Waals surface area contributed by atoms with Gasteiger partial charge in [0.15, 0.2) is 0 Å². The van der Waals surface area contributed by atoms with Crippen molar-refractivity contribution in [2.75, 3.05) is 0 Å². The van der Waals surface area contributed by atoms with Crippen molar-refractivity contribution in [2.24, 2.45) is 0 Å². The van der Waals surface area contributed by atoms with Gasteiger partial charge >= 0.3 is 5.97 Å². The van der Waals surface area contributed by atoms with Gasteiger partial charge < -0.3 is 10.4 Å². The molecule has 2 N–H and O–H groups in total. The first-order chi connectivity index (χ1) is 10.1. The molecule has 0 aliphatic heterocycles. The summed E-state index contributed by atoms with van der Waals surface area (Å²) in [5, 5.41) is 11.8. The molecule has 1 aromatic carbocycles. The number of hydrogen-bond acceptors (Lipinski definition) is 2. The van der Waals surface area contributed by atoms with Crippen LogP contribution in [-0.2, 0) is 9.59 Å². The van der Waals surface area contributed by atoms with Gasteiger partial charge in [0.25, 0.3) is 0 Å². The lowest BCUT2D eigenvalue weighted by Crippen LogP contribution is -2.42. The Balaban J connectivity index is 2.83. The molecular formula is C17H23NO3. The Kier molecular flexibility index (Phi) is 7.23. The Morgan fingerprint density at radius 2 is 1.95 bits per heavy atom. The topological polar surface area (TPSA) is 66.4 Å². The molecule has 0 spiro atoms. The lowest BCUT2D eigenvalue weighted by molar-refractivity contribution is -0.142. The molecular weight excluding hydrogens is 266 g/mol. The number of hydrogen-bond donors (Lipinski definition) is 2. The van der Waals surface area contributed by atoms with Gasteiger partial charge in [0.2, 0.25) is 5.91 Å². The van der Waals surface area contributed by atoms with Gasteiger partial charge in [-0.2, -0.15) is 0 Å². The van der Waals surface area contributed by atoms with Gasteiger partial charge in [-0.05, 0) is 25.3 Å². The summed E-state index contributed by atoms with van der Waals surface area (Å²) in [6, 6.07) is 8.61. The molecule has 114 valence electrons. The van der Waals surface area contributed by atoms with Gasteiger partial charge in [0.05, 0.1) is 5.92 Å². The monoisotopic (exact) mass is 289 g/mol. The third-order valence-electron chi connectivity index (χ3n) is 3.32. The zero-order valence-electron chi connectivity index (χ0n) is 12.6. The highest BCUT2D eigenvalue weighted by Gasteiger charge is 2.25. The number of carbonyl (C=O) groups excluding carboxylic acids is 1. The first kappa shape index (κ1) is 17.0. The molecule has 0 saturated carbocycles. The molecule has 0 aliphatic rings. The van der Waals surface area contributed by atoms with Gasteiger partial charge in [-0.3, -0.25) is 4.79 Å². The van der Waals surface area contributed by atoms with Gasteiger partial charge in [-0.15, -0.1) is 0 Å². The largest absolute Gasteiger partial charge is 0.480 e. The minimum absolute atomic E-state index is 0.222. The number of allylic oxidation sites excluding steroid dienone is 1. The molecule has 0 aliphatic carbocycles. The van der Waals surface area contributed by atoms with Crippen LogP contribution in [0.3, 0.4) is 0 Å². The van der Waals surface area contributed by atoms with Crippen molar-refractivity contribution < 1.29 is 14.7 Å². The summed E-state index contributed by atoms with van der Waals surface area (Å²) >= 11 is 0. The number of carboxylic acids is 1. The number of carboxylic acid groups (broad SMARTS) is 1. The van der Waals surface area contributed by atoms with E-state index in [1.165, 1.54) is 0 Å². The number of amides is 1. The summed E-state index contributed by atoms with van der Waals surface area (Å²) in [6.07, 6.45) is 5.38. The lowest BCUT2D eigenvalue weighted by Gasteiger charge is -2.19. The third-order valence-corrected chi connectivity index (χ3v) is 3.32. The number of nitrogens with one attached hydrogen (secondary N) is 1. The molecule has 2 atom stereocenters. The number of benzene rings is 1. The molecule has 0 fully saturated rings. The fourth-order valence-electron chi connectivity index (χ4n) is 2.19. The van der Waals surface area contributed by atoms with Crippen molar-refractivity contribution in [1.82, 2.24) is 5.32 Å². The molecule has 4 nitrogen and oxygen atoms in total. The van der Waals surface area contributed by atoms with E-state index in [0.717, 1.165) is 12.0 Å². The second-order valence-corrected chi connectivity index (χ2v) is 4.96. The van der Waals surface area contributed by atoms with Crippen molar-refractivity contribution in [2.45, 2.75) is 45.1 Å².